The summed E-state index contributed by atoms with van der Waals surface area (Å²) in [6.45, 7) is 6.15. The van der Waals surface area contributed by atoms with E-state index >= 15 is 0 Å². The number of likely N-dealkylation sites (tertiary alicyclic amines) is 1. The SMILES string of the molecule is CC(C)N1CCC(NC(=O)C2=NC(=O)C3C=CC=CC3=C2)C1. The van der Waals surface area contributed by atoms with Crippen LogP contribution >= 0.6 is 0 Å². The van der Waals surface area contributed by atoms with Gasteiger partial charge in [-0.2, -0.15) is 0 Å². The summed E-state index contributed by atoms with van der Waals surface area (Å²) < 4.78 is 0. The van der Waals surface area contributed by atoms with Crippen LogP contribution in [0, 0.1) is 5.92 Å². The van der Waals surface area contributed by atoms with Gasteiger partial charge in [-0.15, -0.1) is 0 Å². The number of carbonyl (C=O) groups is 2. The van der Waals surface area contributed by atoms with Crippen LogP contribution in [0.1, 0.15) is 20.3 Å². The maximum atomic E-state index is 12.4. The predicted molar refractivity (Wildman–Crippen MR) is 85.6 cm³/mol. The number of carbonyl (C=O) groups excluding carboxylic acids is 2. The van der Waals surface area contributed by atoms with Crippen LogP contribution in [0.25, 0.3) is 0 Å². The van der Waals surface area contributed by atoms with E-state index in [4.69, 9.17) is 0 Å². The second-order valence-electron chi connectivity index (χ2n) is 6.25. The van der Waals surface area contributed by atoms with E-state index in [1.54, 1.807) is 6.08 Å². The van der Waals surface area contributed by atoms with E-state index in [1.165, 1.54) is 0 Å². The van der Waals surface area contributed by atoms with Gasteiger partial charge in [0.15, 0.2) is 0 Å². The van der Waals surface area contributed by atoms with Gasteiger partial charge >= 0.3 is 0 Å². The number of rotatable bonds is 3. The average molecular weight is 299 g/mol. The predicted octanol–water partition coefficient (Wildman–Crippen LogP) is 1.24. The first-order chi connectivity index (χ1) is 10.5. The van der Waals surface area contributed by atoms with E-state index in [0.717, 1.165) is 25.1 Å². The summed E-state index contributed by atoms with van der Waals surface area (Å²) in [5, 5.41) is 3.00. The molecule has 1 saturated heterocycles. The maximum absolute atomic E-state index is 12.4. The third-order valence-electron chi connectivity index (χ3n) is 4.38. The fourth-order valence-electron chi connectivity index (χ4n) is 3.05. The molecule has 22 heavy (non-hydrogen) atoms. The molecule has 0 aromatic heterocycles. The normalized spacial score (nSPS) is 27.7. The Morgan fingerprint density at radius 3 is 2.95 bits per heavy atom. The highest BCUT2D eigenvalue weighted by molar-refractivity contribution is 6.45. The Labute approximate surface area is 130 Å². The number of aliphatic imine (C=N–C) groups is 1. The van der Waals surface area contributed by atoms with Crippen molar-refractivity contribution < 1.29 is 9.59 Å². The first-order valence-electron chi connectivity index (χ1n) is 7.78. The van der Waals surface area contributed by atoms with Gasteiger partial charge in [-0.25, -0.2) is 4.99 Å². The molecule has 5 nitrogen and oxygen atoms in total. The lowest BCUT2D eigenvalue weighted by atomic mass is 9.90. The summed E-state index contributed by atoms with van der Waals surface area (Å²) >= 11 is 0. The number of fused-ring (bicyclic) bond motifs is 1. The molecule has 0 bridgehead atoms. The van der Waals surface area contributed by atoms with E-state index in [-0.39, 0.29) is 29.5 Å². The Balaban J connectivity index is 1.66. The van der Waals surface area contributed by atoms with Gasteiger partial charge in [0, 0.05) is 25.2 Å². The molecule has 2 amide bonds. The van der Waals surface area contributed by atoms with Crippen molar-refractivity contribution in [1.29, 1.82) is 0 Å². The van der Waals surface area contributed by atoms with E-state index in [0.29, 0.717) is 6.04 Å². The Morgan fingerprint density at radius 2 is 2.23 bits per heavy atom. The molecule has 1 aliphatic carbocycles. The molecule has 0 spiro atoms. The van der Waals surface area contributed by atoms with Crippen LogP contribution in [0.5, 0.6) is 0 Å². The quantitative estimate of drug-likeness (QED) is 0.853. The molecule has 2 unspecified atom stereocenters. The van der Waals surface area contributed by atoms with Crippen molar-refractivity contribution in [3.8, 4) is 0 Å². The molecule has 116 valence electrons. The molecular formula is C17H21N3O2. The van der Waals surface area contributed by atoms with Crippen LogP contribution in [0.2, 0.25) is 0 Å². The number of allylic oxidation sites excluding steroid dienone is 3. The van der Waals surface area contributed by atoms with E-state index in [2.05, 4.69) is 29.1 Å². The van der Waals surface area contributed by atoms with Crippen molar-refractivity contribution in [2.75, 3.05) is 13.1 Å². The molecule has 2 atom stereocenters. The van der Waals surface area contributed by atoms with Gasteiger partial charge in [0.1, 0.15) is 5.71 Å². The summed E-state index contributed by atoms with van der Waals surface area (Å²) in [5.41, 5.74) is 1.06. The number of dihydropyridines is 1. The summed E-state index contributed by atoms with van der Waals surface area (Å²) in [5.74, 6) is -0.846. The van der Waals surface area contributed by atoms with Crippen molar-refractivity contribution in [3.63, 3.8) is 0 Å². The number of hydrogen-bond acceptors (Lipinski definition) is 3. The second kappa shape index (κ2) is 6.01. The van der Waals surface area contributed by atoms with Gasteiger partial charge < -0.3 is 5.32 Å². The van der Waals surface area contributed by atoms with Crippen LogP contribution in [0.15, 0.2) is 40.9 Å². The third-order valence-corrected chi connectivity index (χ3v) is 4.38. The first-order valence-corrected chi connectivity index (χ1v) is 7.78. The highest BCUT2D eigenvalue weighted by atomic mass is 16.2. The molecule has 5 heteroatoms. The van der Waals surface area contributed by atoms with Crippen LogP contribution in [-0.2, 0) is 9.59 Å². The van der Waals surface area contributed by atoms with Crippen LogP contribution in [-0.4, -0.2) is 47.6 Å². The van der Waals surface area contributed by atoms with Crippen molar-refractivity contribution in [2.45, 2.75) is 32.4 Å². The lowest BCUT2D eigenvalue weighted by Crippen LogP contribution is -2.42. The van der Waals surface area contributed by atoms with Crippen molar-refractivity contribution in [1.82, 2.24) is 10.2 Å². The standard InChI is InChI=1S/C17H21N3O2/c1-11(2)20-8-7-13(10-20)18-17(22)15-9-12-5-3-4-6-14(12)16(21)19-15/h3-6,9,11,13-14H,7-8,10H2,1-2H3,(H,18,22). The lowest BCUT2D eigenvalue weighted by Gasteiger charge is -2.21. The van der Waals surface area contributed by atoms with Crippen LogP contribution in [0.4, 0.5) is 0 Å². The fraction of sp³-hybridized carbons (Fsp3) is 0.471. The van der Waals surface area contributed by atoms with Crippen molar-refractivity contribution >= 4 is 17.5 Å². The molecule has 2 aliphatic heterocycles. The number of nitrogens with one attached hydrogen (secondary N) is 1. The fourth-order valence-corrected chi connectivity index (χ4v) is 3.05. The summed E-state index contributed by atoms with van der Waals surface area (Å²) in [4.78, 5) is 30.7. The average Bonchev–Trinajstić information content (AvgIpc) is 2.96. The van der Waals surface area contributed by atoms with E-state index < -0.39 is 0 Å². The van der Waals surface area contributed by atoms with Gasteiger partial charge in [0.2, 0.25) is 0 Å². The van der Waals surface area contributed by atoms with Crippen molar-refractivity contribution in [3.05, 3.63) is 36.0 Å². The summed E-state index contributed by atoms with van der Waals surface area (Å²) in [6.07, 6.45) is 10.0. The van der Waals surface area contributed by atoms with Gasteiger partial charge in [0.05, 0.1) is 5.92 Å². The van der Waals surface area contributed by atoms with Crippen molar-refractivity contribution in [2.24, 2.45) is 10.9 Å². The lowest BCUT2D eigenvalue weighted by molar-refractivity contribution is -0.120. The third kappa shape index (κ3) is 2.95. The van der Waals surface area contributed by atoms with Gasteiger partial charge in [-0.1, -0.05) is 24.3 Å². The number of hydrogen-bond donors (Lipinski definition) is 1. The Morgan fingerprint density at radius 1 is 1.41 bits per heavy atom. The minimum atomic E-state index is -0.329. The second-order valence-corrected chi connectivity index (χ2v) is 6.25. The Kier molecular flexibility index (Phi) is 4.07. The topological polar surface area (TPSA) is 61.8 Å². The number of nitrogens with zero attached hydrogens (tertiary/aromatic N) is 2. The molecular weight excluding hydrogens is 278 g/mol. The van der Waals surface area contributed by atoms with E-state index in [9.17, 15) is 9.59 Å². The van der Waals surface area contributed by atoms with E-state index in [1.807, 2.05) is 24.3 Å². The van der Waals surface area contributed by atoms with Crippen LogP contribution in [0.3, 0.4) is 0 Å². The minimum absolute atomic E-state index is 0.130. The zero-order valence-corrected chi connectivity index (χ0v) is 13.0. The molecule has 2 heterocycles. The molecule has 1 N–H and O–H groups in total. The zero-order valence-electron chi connectivity index (χ0n) is 13.0. The van der Waals surface area contributed by atoms with Crippen LogP contribution < -0.4 is 5.32 Å². The Hall–Kier alpha value is -2.01. The molecule has 0 aromatic carbocycles. The highest BCUT2D eigenvalue weighted by Crippen LogP contribution is 2.24. The molecule has 3 aliphatic rings. The van der Waals surface area contributed by atoms with Gasteiger partial charge in [0.25, 0.3) is 11.8 Å². The largest absolute Gasteiger partial charge is 0.347 e. The minimum Gasteiger partial charge on any atom is -0.347 e. The molecule has 3 rings (SSSR count). The van der Waals surface area contributed by atoms with Gasteiger partial charge in [-0.3, -0.25) is 14.5 Å². The monoisotopic (exact) mass is 299 g/mol. The highest BCUT2D eigenvalue weighted by Gasteiger charge is 2.30. The molecule has 0 saturated carbocycles. The summed E-state index contributed by atoms with van der Waals surface area (Å²) in [7, 11) is 0. The number of amides is 2. The summed E-state index contributed by atoms with van der Waals surface area (Å²) in [6, 6.07) is 0.614. The maximum Gasteiger partial charge on any atom is 0.270 e. The molecule has 0 radical (unpaired) electrons. The zero-order chi connectivity index (χ0) is 15.7. The van der Waals surface area contributed by atoms with Gasteiger partial charge in [-0.05, 0) is 31.9 Å². The molecule has 1 fully saturated rings. The molecule has 0 aromatic rings. The Bertz CT molecular complexity index is 613. The smallest absolute Gasteiger partial charge is 0.270 e. The first kappa shape index (κ1) is 14.9.